The second-order valence-electron chi connectivity index (χ2n) is 12.3. The molecule has 0 fully saturated rings. The third-order valence-electron chi connectivity index (χ3n) is 8.07. The molecule has 0 heterocycles. The lowest BCUT2D eigenvalue weighted by atomic mass is 10.0. The predicted octanol–water partition coefficient (Wildman–Crippen LogP) is 11.2. The van der Waals surface area contributed by atoms with Gasteiger partial charge in [-0.05, 0) is 12.8 Å². The lowest BCUT2D eigenvalue weighted by Crippen LogP contribution is -2.29. The zero-order valence-corrected chi connectivity index (χ0v) is 29.1. The molecule has 1 N–H and O–H groups in total. The summed E-state index contributed by atoms with van der Waals surface area (Å²) in [5.41, 5.74) is 0. The highest BCUT2D eigenvalue weighted by Gasteiger charge is 2.18. The minimum atomic E-state index is -2.57. The van der Waals surface area contributed by atoms with Crippen LogP contribution in [-0.2, 0) is 23.6 Å². The van der Waals surface area contributed by atoms with E-state index in [2.05, 4.69) is 13.8 Å². The SMILES string of the molecule is CCCCCCCCCCCCCCCC(=O)OC[C@H](COP(#N)O)OC(=O)CCCCCCCCCCCCCCC. The van der Waals surface area contributed by atoms with E-state index < -0.39 is 14.1 Å². The van der Waals surface area contributed by atoms with Crippen LogP contribution in [0.4, 0.5) is 0 Å². The van der Waals surface area contributed by atoms with Gasteiger partial charge in [-0.2, -0.15) is 5.00 Å². The summed E-state index contributed by atoms with van der Waals surface area (Å²) in [7, 11) is -2.57. The first-order valence-corrected chi connectivity index (χ1v) is 19.3. The van der Waals surface area contributed by atoms with Gasteiger partial charge in [-0.1, -0.05) is 168 Å². The summed E-state index contributed by atoms with van der Waals surface area (Å²) in [6.45, 7) is 4.16. The molecule has 0 aromatic heterocycles. The molecular formula is C35H68NO6P. The summed E-state index contributed by atoms with van der Waals surface area (Å²) in [4.78, 5) is 33.6. The molecule has 0 bridgehead atoms. The molecule has 7 nitrogen and oxygen atoms in total. The maximum absolute atomic E-state index is 12.3. The smallest absolute Gasteiger partial charge is 0.334 e. The molecule has 2 atom stereocenters. The van der Waals surface area contributed by atoms with Crippen molar-refractivity contribution in [2.45, 2.75) is 200 Å². The Kier molecular flexibility index (Phi) is 32.9. The summed E-state index contributed by atoms with van der Waals surface area (Å²) in [6.07, 6.45) is 32.1. The fourth-order valence-electron chi connectivity index (χ4n) is 5.34. The van der Waals surface area contributed by atoms with Gasteiger partial charge in [0.05, 0.1) is 0 Å². The molecule has 0 rings (SSSR count). The van der Waals surface area contributed by atoms with E-state index in [-0.39, 0.29) is 25.2 Å². The van der Waals surface area contributed by atoms with Crippen molar-refractivity contribution in [1.29, 1.82) is 5.00 Å². The van der Waals surface area contributed by atoms with Crippen LogP contribution < -0.4 is 0 Å². The van der Waals surface area contributed by atoms with E-state index in [0.717, 1.165) is 38.5 Å². The second kappa shape index (κ2) is 33.8. The highest BCUT2D eigenvalue weighted by Crippen LogP contribution is 2.16. The van der Waals surface area contributed by atoms with E-state index in [1.807, 2.05) is 0 Å². The zero-order valence-electron chi connectivity index (χ0n) is 28.2. The van der Waals surface area contributed by atoms with Crippen LogP contribution in [0.2, 0.25) is 0 Å². The van der Waals surface area contributed by atoms with Crippen molar-refractivity contribution in [3.8, 4) is 0 Å². The highest BCUT2D eigenvalue weighted by atomic mass is 31.1. The van der Waals surface area contributed by atoms with Crippen LogP contribution in [-0.4, -0.2) is 36.1 Å². The molecule has 0 saturated heterocycles. The first-order chi connectivity index (χ1) is 21.0. The molecule has 0 amide bonds. The molecule has 43 heavy (non-hydrogen) atoms. The Labute approximate surface area is 266 Å². The molecule has 0 saturated carbocycles. The first-order valence-electron chi connectivity index (χ1n) is 18.1. The third-order valence-corrected chi connectivity index (χ3v) is 8.45. The van der Waals surface area contributed by atoms with E-state index in [1.54, 1.807) is 0 Å². The number of esters is 2. The van der Waals surface area contributed by atoms with Gasteiger partial charge in [-0.15, -0.1) is 0 Å². The van der Waals surface area contributed by atoms with Gasteiger partial charge in [0.15, 0.2) is 6.10 Å². The molecular weight excluding hydrogens is 561 g/mol. The molecule has 0 aromatic rings. The van der Waals surface area contributed by atoms with E-state index in [1.165, 1.54) is 128 Å². The van der Waals surface area contributed by atoms with Crippen molar-refractivity contribution in [1.82, 2.24) is 0 Å². The minimum Gasteiger partial charge on any atom is -0.462 e. The molecule has 0 spiro atoms. The molecule has 8 heteroatoms. The lowest BCUT2D eigenvalue weighted by molar-refractivity contribution is -0.161. The standard InChI is InChI=1S/C35H68NO6P/c1-3-5-7-9-11-13-15-17-19-21-23-25-27-29-34(37)40-31-33(32-41-43(36)39)42-35(38)30-28-26-24-22-20-18-16-14-12-10-8-6-4-2/h33,39H,3-32H2,1-2H3/t33-/m1/s1. The van der Waals surface area contributed by atoms with Gasteiger partial charge in [0.1, 0.15) is 13.2 Å². The van der Waals surface area contributed by atoms with E-state index >= 15 is 0 Å². The topological polar surface area (TPSA) is 106 Å². The number of ether oxygens (including phenoxy) is 2. The van der Waals surface area contributed by atoms with Gasteiger partial charge in [0.25, 0.3) is 0 Å². The van der Waals surface area contributed by atoms with Crippen molar-refractivity contribution in [2.75, 3.05) is 13.2 Å². The van der Waals surface area contributed by atoms with Crippen LogP contribution in [0.15, 0.2) is 0 Å². The number of carbonyl (C=O) groups is 2. The average molecular weight is 630 g/mol. The summed E-state index contributed by atoms with van der Waals surface area (Å²) < 4.78 is 15.6. The normalized spacial score (nSPS) is 12.3. The fourth-order valence-corrected chi connectivity index (χ4v) is 5.64. The number of carbonyl (C=O) groups excluding carboxylic acids is 2. The van der Waals surface area contributed by atoms with Crippen molar-refractivity contribution in [3.05, 3.63) is 0 Å². The van der Waals surface area contributed by atoms with Crippen molar-refractivity contribution < 1.29 is 28.5 Å². The van der Waals surface area contributed by atoms with Crippen molar-refractivity contribution in [2.24, 2.45) is 0 Å². The third kappa shape index (κ3) is 33.6. The number of hydrogen-bond donors (Lipinski definition) is 1. The quantitative estimate of drug-likeness (QED) is 0.0437. The Morgan fingerprint density at radius 2 is 0.860 bits per heavy atom. The molecule has 254 valence electrons. The van der Waals surface area contributed by atoms with E-state index in [9.17, 15) is 9.59 Å². The molecule has 0 aliphatic carbocycles. The van der Waals surface area contributed by atoms with Gasteiger partial charge in [-0.25, -0.2) is 0 Å². The number of unbranched alkanes of at least 4 members (excludes halogenated alkanes) is 24. The van der Waals surface area contributed by atoms with Crippen LogP contribution in [0.5, 0.6) is 0 Å². The average Bonchev–Trinajstić information content (AvgIpc) is 2.99. The maximum atomic E-state index is 12.3. The highest BCUT2D eigenvalue weighted by molar-refractivity contribution is 7.30. The molecule has 0 aliphatic heterocycles. The molecule has 0 radical (unpaired) electrons. The molecule has 1 unspecified atom stereocenters. The Balaban J connectivity index is 3.84. The lowest BCUT2D eigenvalue weighted by Gasteiger charge is -2.17. The summed E-state index contributed by atoms with van der Waals surface area (Å²) in [6, 6.07) is 0. The number of nitrogens with zero attached hydrogens (tertiary/aromatic N) is 1. The Morgan fingerprint density at radius 3 is 1.21 bits per heavy atom. The zero-order chi connectivity index (χ0) is 31.6. The van der Waals surface area contributed by atoms with Gasteiger partial charge in [-0.3, -0.25) is 14.1 Å². The van der Waals surface area contributed by atoms with Gasteiger partial charge in [0, 0.05) is 12.8 Å². The number of hydrogen-bond acceptors (Lipinski definition) is 7. The fraction of sp³-hybridized carbons (Fsp3) is 0.943. The van der Waals surface area contributed by atoms with Crippen LogP contribution in [0.1, 0.15) is 194 Å². The van der Waals surface area contributed by atoms with Crippen molar-refractivity contribution in [3.63, 3.8) is 0 Å². The van der Waals surface area contributed by atoms with E-state index in [0.29, 0.717) is 12.8 Å². The van der Waals surface area contributed by atoms with Crippen LogP contribution in [0, 0.1) is 5.00 Å². The molecule has 0 aromatic carbocycles. The monoisotopic (exact) mass is 629 g/mol. The largest absolute Gasteiger partial charge is 0.462 e. The Bertz CT molecular complexity index is 696. The predicted molar refractivity (Wildman–Crippen MR) is 178 cm³/mol. The summed E-state index contributed by atoms with van der Waals surface area (Å²) in [5, 5.41) is 9.09. The van der Waals surface area contributed by atoms with Gasteiger partial charge in [0.2, 0.25) is 0 Å². The summed E-state index contributed by atoms with van der Waals surface area (Å²) in [5.74, 6) is -0.694. The van der Waals surface area contributed by atoms with Crippen molar-refractivity contribution >= 4 is 19.9 Å². The van der Waals surface area contributed by atoms with Gasteiger partial charge >= 0.3 is 19.9 Å². The van der Waals surface area contributed by atoms with Gasteiger partial charge < -0.3 is 14.4 Å². The van der Waals surface area contributed by atoms with E-state index in [4.69, 9.17) is 23.9 Å². The summed E-state index contributed by atoms with van der Waals surface area (Å²) >= 11 is 0. The van der Waals surface area contributed by atoms with Crippen LogP contribution >= 0.6 is 8.01 Å². The first kappa shape index (κ1) is 41.9. The van der Waals surface area contributed by atoms with Crippen LogP contribution in [0.3, 0.4) is 0 Å². The minimum absolute atomic E-state index is 0.134. The molecule has 0 aliphatic rings. The maximum Gasteiger partial charge on any atom is 0.334 e. The van der Waals surface area contributed by atoms with Crippen LogP contribution in [0.25, 0.3) is 0 Å². The number of rotatable bonds is 33. The second-order valence-corrected chi connectivity index (χ2v) is 13.1. The Morgan fingerprint density at radius 1 is 0.535 bits per heavy atom. The Hall–Kier alpha value is -1.13.